The van der Waals surface area contributed by atoms with Gasteiger partial charge in [0, 0.05) is 25.6 Å². The summed E-state index contributed by atoms with van der Waals surface area (Å²) in [5, 5.41) is 0.0586. The van der Waals surface area contributed by atoms with Crippen molar-refractivity contribution in [2.45, 2.75) is 155 Å². The van der Waals surface area contributed by atoms with E-state index in [1.54, 1.807) is 14.2 Å². The van der Waals surface area contributed by atoms with E-state index in [0.717, 1.165) is 34.6 Å². The molecule has 0 aromatic heterocycles. The predicted molar refractivity (Wildman–Crippen MR) is 252 cm³/mol. The van der Waals surface area contributed by atoms with Gasteiger partial charge in [-0.1, -0.05) is 115 Å². The van der Waals surface area contributed by atoms with Crippen molar-refractivity contribution in [3.8, 4) is 11.5 Å². The highest BCUT2D eigenvalue weighted by molar-refractivity contribution is 6.74. The second-order valence-corrected chi connectivity index (χ2v) is 28.4. The molecule has 0 amide bonds. The Labute approximate surface area is 366 Å². The lowest BCUT2D eigenvalue weighted by Crippen LogP contribution is -2.47. The van der Waals surface area contributed by atoms with Crippen molar-refractivity contribution in [2.24, 2.45) is 0 Å². The lowest BCUT2D eigenvalue weighted by atomic mass is 10.1. The smallest absolute Gasteiger partial charge is 0.192 e. The summed E-state index contributed by atoms with van der Waals surface area (Å²) in [6.45, 7) is 31.9. The fourth-order valence-electron chi connectivity index (χ4n) is 6.18. The Bertz CT molecular complexity index is 1680. The molecule has 3 rings (SSSR count). The number of methoxy groups -OCH3 is 2. The summed E-state index contributed by atoms with van der Waals surface area (Å²) in [6.07, 6.45) is 5.95. The molecule has 3 aromatic carbocycles. The summed E-state index contributed by atoms with van der Waals surface area (Å²) >= 11 is 0. The van der Waals surface area contributed by atoms with Gasteiger partial charge >= 0.3 is 0 Å². The first kappa shape index (κ1) is 51.1. The van der Waals surface area contributed by atoms with Crippen molar-refractivity contribution < 1.29 is 37.3 Å². The third-order valence-electron chi connectivity index (χ3n) is 11.8. The highest BCUT2D eigenvalue weighted by atomic mass is 28.4. The number of benzene rings is 3. The molecule has 0 N–H and O–H groups in total. The molecule has 334 valence electrons. The van der Waals surface area contributed by atoms with Crippen molar-refractivity contribution in [3.05, 3.63) is 120 Å². The van der Waals surface area contributed by atoms with Crippen molar-refractivity contribution >= 4 is 16.6 Å². The minimum Gasteiger partial charge on any atom is -0.497 e. The predicted octanol–water partition coefficient (Wildman–Crippen LogP) is 12.8. The Balaban J connectivity index is 1.83. The van der Waals surface area contributed by atoms with Crippen molar-refractivity contribution in [1.29, 1.82) is 0 Å². The number of hydrogen-bond acceptors (Lipinski definition) is 8. The van der Waals surface area contributed by atoms with Gasteiger partial charge in [-0.15, -0.1) is 0 Å². The largest absolute Gasteiger partial charge is 0.497 e. The average Bonchev–Trinajstić information content (AvgIpc) is 3.18. The normalized spacial score (nSPS) is 14.8. The summed E-state index contributed by atoms with van der Waals surface area (Å²) in [5.41, 5.74) is 3.29. The number of hydrogen-bond donors (Lipinski definition) is 0. The van der Waals surface area contributed by atoms with Gasteiger partial charge in [0.15, 0.2) is 16.6 Å². The average molecular weight is 863 g/mol. The van der Waals surface area contributed by atoms with Gasteiger partial charge in [0.2, 0.25) is 0 Å². The molecule has 0 aliphatic heterocycles. The van der Waals surface area contributed by atoms with Gasteiger partial charge in [0.1, 0.15) is 17.6 Å². The maximum atomic E-state index is 7.25. The molecule has 0 radical (unpaired) electrons. The number of rotatable bonds is 27. The van der Waals surface area contributed by atoms with Crippen LogP contribution in [-0.2, 0) is 47.6 Å². The van der Waals surface area contributed by atoms with Crippen LogP contribution in [0.1, 0.15) is 90.8 Å². The molecule has 4 atom stereocenters. The zero-order valence-corrected chi connectivity index (χ0v) is 41.3. The summed E-state index contributed by atoms with van der Waals surface area (Å²) in [4.78, 5) is 0. The van der Waals surface area contributed by atoms with Gasteiger partial charge in [0.05, 0.1) is 58.6 Å². The van der Waals surface area contributed by atoms with Crippen LogP contribution in [0.4, 0.5) is 0 Å². The fourth-order valence-corrected chi connectivity index (χ4v) is 8.94. The van der Waals surface area contributed by atoms with E-state index in [4.69, 9.17) is 37.3 Å². The molecular weight excluding hydrogens is 785 g/mol. The van der Waals surface area contributed by atoms with Crippen LogP contribution < -0.4 is 9.47 Å². The topological polar surface area (TPSA) is 73.8 Å². The second kappa shape index (κ2) is 24.4. The maximum Gasteiger partial charge on any atom is 0.192 e. The number of ether oxygens (including phenoxy) is 6. The van der Waals surface area contributed by atoms with Gasteiger partial charge < -0.3 is 37.3 Å². The molecule has 0 aliphatic carbocycles. The third kappa shape index (κ3) is 18.0. The Morgan fingerprint density at radius 3 is 1.65 bits per heavy atom. The lowest BCUT2D eigenvalue weighted by molar-refractivity contribution is -0.0330. The molecule has 0 saturated heterocycles. The van der Waals surface area contributed by atoms with Crippen molar-refractivity contribution in [1.82, 2.24) is 0 Å². The monoisotopic (exact) mass is 863 g/mol. The quantitative estimate of drug-likeness (QED) is 0.0325. The molecular formula is C50H78O8Si2. The molecule has 0 fully saturated rings. The van der Waals surface area contributed by atoms with Crippen LogP contribution in [0.2, 0.25) is 36.3 Å². The summed E-state index contributed by atoms with van der Waals surface area (Å²) < 4.78 is 51.0. The zero-order chi connectivity index (χ0) is 44.4. The van der Waals surface area contributed by atoms with E-state index in [9.17, 15) is 0 Å². The van der Waals surface area contributed by atoms with E-state index in [1.807, 2.05) is 79.7 Å². The fraction of sp³-hybridized carbons (Fsp3) is 0.560. The van der Waals surface area contributed by atoms with E-state index in [0.29, 0.717) is 58.1 Å². The van der Waals surface area contributed by atoms with Gasteiger partial charge in [-0.05, 0) is 97.0 Å². The van der Waals surface area contributed by atoms with Crippen LogP contribution in [0.3, 0.4) is 0 Å². The Hall–Kier alpha value is -3.23. The highest BCUT2D eigenvalue weighted by Crippen LogP contribution is 2.41. The first-order chi connectivity index (χ1) is 28.2. The highest BCUT2D eigenvalue weighted by Gasteiger charge is 2.42. The van der Waals surface area contributed by atoms with E-state index in [2.05, 4.69) is 92.5 Å². The van der Waals surface area contributed by atoms with Crippen LogP contribution >= 0.6 is 0 Å². The molecule has 0 aliphatic rings. The van der Waals surface area contributed by atoms with Gasteiger partial charge in [0.25, 0.3) is 0 Å². The standard InChI is InChI=1S/C50H78O8Si2/c1-15-19-45(55-37-42-24-28-44(52-10)29-25-42)33-48(38-54-36-40-20-17-16-18-21-40)56-39(2)32-47(58-60(13,14)50(6,7)8)34-46(57-59(11,12)49(3,4)5)30-31-53-35-41-22-26-43(51-9)27-23-41/h15-29,45-48H,2,30-38H2,1,3-14H3/b19-15-/t45-,46-,47-,48-/m1/s1. The Morgan fingerprint density at radius 1 is 0.633 bits per heavy atom. The molecule has 3 aromatic rings. The SMILES string of the molecule is C=C(C[C@H](C[C@@H](CCOCc1ccc(OC)cc1)O[Si](C)(C)C(C)(C)C)O[Si](C)(C)C(C)(C)C)O[C@@H](COCc1ccccc1)C[C@@H](/C=C\C)OCc1ccc(OC)cc1. The van der Waals surface area contributed by atoms with Gasteiger partial charge in [-0.2, -0.15) is 0 Å². The Morgan fingerprint density at radius 2 is 1.13 bits per heavy atom. The molecule has 60 heavy (non-hydrogen) atoms. The van der Waals surface area contributed by atoms with E-state index in [1.165, 1.54) is 0 Å². The van der Waals surface area contributed by atoms with E-state index < -0.39 is 16.6 Å². The van der Waals surface area contributed by atoms with E-state index >= 15 is 0 Å². The van der Waals surface area contributed by atoms with Crippen molar-refractivity contribution in [2.75, 3.05) is 27.4 Å². The number of allylic oxidation sites excluding steroid dienone is 1. The van der Waals surface area contributed by atoms with Crippen LogP contribution in [-0.4, -0.2) is 68.5 Å². The zero-order valence-electron chi connectivity index (χ0n) is 39.3. The van der Waals surface area contributed by atoms with Gasteiger partial charge in [-0.25, -0.2) is 0 Å². The molecule has 0 spiro atoms. The lowest BCUT2D eigenvalue weighted by Gasteiger charge is -2.43. The molecule has 0 saturated carbocycles. The Kier molecular flexibility index (Phi) is 20.8. The summed E-state index contributed by atoms with van der Waals surface area (Å²) in [6, 6.07) is 26.2. The first-order valence-electron chi connectivity index (χ1n) is 21.6. The second-order valence-electron chi connectivity index (χ2n) is 18.9. The summed E-state index contributed by atoms with van der Waals surface area (Å²) in [7, 11) is -1.01. The third-order valence-corrected chi connectivity index (χ3v) is 20.9. The van der Waals surface area contributed by atoms with Crippen LogP contribution in [0.5, 0.6) is 11.5 Å². The first-order valence-corrected chi connectivity index (χ1v) is 27.5. The maximum absolute atomic E-state index is 7.25. The molecule has 10 heteroatoms. The molecule has 0 bridgehead atoms. The van der Waals surface area contributed by atoms with Crippen LogP contribution in [0, 0.1) is 0 Å². The van der Waals surface area contributed by atoms with Crippen molar-refractivity contribution in [3.63, 3.8) is 0 Å². The van der Waals surface area contributed by atoms with Gasteiger partial charge in [-0.3, -0.25) is 0 Å². The van der Waals surface area contributed by atoms with E-state index in [-0.39, 0.29) is 34.5 Å². The minimum absolute atomic E-state index is 0.0133. The van der Waals surface area contributed by atoms with Crippen LogP contribution in [0.25, 0.3) is 0 Å². The minimum atomic E-state index is -2.22. The molecule has 8 nitrogen and oxygen atoms in total. The molecule has 0 heterocycles. The molecule has 0 unspecified atom stereocenters. The summed E-state index contributed by atoms with van der Waals surface area (Å²) in [5.74, 6) is 2.32. The van der Waals surface area contributed by atoms with Crippen LogP contribution in [0.15, 0.2) is 103 Å².